The summed E-state index contributed by atoms with van der Waals surface area (Å²) in [7, 11) is 1.85. The number of nitrogens with one attached hydrogen (secondary N) is 1. The number of nitrogens with zero attached hydrogens (tertiary/aromatic N) is 2. The molecule has 2 unspecified atom stereocenters. The number of rotatable bonds is 4. The molecule has 0 aliphatic carbocycles. The van der Waals surface area contributed by atoms with Crippen LogP contribution in [-0.2, 0) is 11.3 Å². The largest absolute Gasteiger partial charge is 0.361 e. The zero-order valence-corrected chi connectivity index (χ0v) is 12.3. The minimum atomic E-state index is 0.219. The Morgan fingerprint density at radius 3 is 2.75 bits per heavy atom. The number of aryl methyl sites for hydroxylation is 1. The summed E-state index contributed by atoms with van der Waals surface area (Å²) in [5.41, 5.74) is 0.823. The maximum Gasteiger partial charge on any atom is 0.222 e. The van der Waals surface area contributed by atoms with Crippen molar-refractivity contribution in [3.8, 4) is 0 Å². The van der Waals surface area contributed by atoms with Crippen LogP contribution in [0.15, 0.2) is 10.6 Å². The molecular formula is C15H23N3O2. The van der Waals surface area contributed by atoms with Crippen molar-refractivity contribution < 1.29 is 9.32 Å². The molecule has 1 aromatic heterocycles. The number of hydrogen-bond acceptors (Lipinski definition) is 4. The van der Waals surface area contributed by atoms with E-state index in [0.717, 1.165) is 24.3 Å². The minimum Gasteiger partial charge on any atom is -0.361 e. The quantitative estimate of drug-likeness (QED) is 0.912. The van der Waals surface area contributed by atoms with E-state index in [9.17, 15) is 4.79 Å². The van der Waals surface area contributed by atoms with Crippen molar-refractivity contribution >= 4 is 5.91 Å². The molecule has 0 radical (unpaired) electrons. The van der Waals surface area contributed by atoms with Gasteiger partial charge in [-0.3, -0.25) is 4.79 Å². The van der Waals surface area contributed by atoms with Gasteiger partial charge in [-0.15, -0.1) is 0 Å². The Balaban J connectivity index is 1.51. The van der Waals surface area contributed by atoms with E-state index in [-0.39, 0.29) is 5.91 Å². The summed E-state index contributed by atoms with van der Waals surface area (Å²) < 4.78 is 5.04. The van der Waals surface area contributed by atoms with E-state index < -0.39 is 0 Å². The van der Waals surface area contributed by atoms with Crippen molar-refractivity contribution in [1.29, 1.82) is 0 Å². The Morgan fingerprint density at radius 1 is 1.45 bits per heavy atom. The van der Waals surface area contributed by atoms with Gasteiger partial charge < -0.3 is 14.7 Å². The van der Waals surface area contributed by atoms with E-state index in [4.69, 9.17) is 4.52 Å². The van der Waals surface area contributed by atoms with E-state index in [2.05, 4.69) is 10.5 Å². The van der Waals surface area contributed by atoms with Crippen molar-refractivity contribution in [2.24, 2.45) is 5.92 Å². The number of hydrogen-bond donors (Lipinski definition) is 1. The number of piperidine rings is 1. The third-order valence-electron chi connectivity index (χ3n) is 4.54. The molecule has 3 heterocycles. The smallest absolute Gasteiger partial charge is 0.222 e. The second-order valence-electron chi connectivity index (χ2n) is 6.36. The molecule has 2 bridgehead atoms. The van der Waals surface area contributed by atoms with Gasteiger partial charge in [0, 0.05) is 31.6 Å². The SMILES string of the molecule is Cc1cc(CN(C)C(=O)CC2CC3CCC(C2)N3)no1. The van der Waals surface area contributed by atoms with Crippen molar-refractivity contribution in [2.45, 2.75) is 57.7 Å². The average molecular weight is 277 g/mol. The highest BCUT2D eigenvalue weighted by molar-refractivity contribution is 5.76. The van der Waals surface area contributed by atoms with E-state index in [0.29, 0.717) is 31.0 Å². The molecule has 2 aliphatic rings. The topological polar surface area (TPSA) is 58.4 Å². The summed E-state index contributed by atoms with van der Waals surface area (Å²) in [6.07, 6.45) is 5.53. The lowest BCUT2D eigenvalue weighted by Crippen LogP contribution is -2.39. The number of carbonyl (C=O) groups is 1. The van der Waals surface area contributed by atoms with Crippen LogP contribution >= 0.6 is 0 Å². The lowest BCUT2D eigenvalue weighted by atomic mass is 9.89. The van der Waals surface area contributed by atoms with Crippen LogP contribution < -0.4 is 5.32 Å². The predicted octanol–water partition coefficient (Wildman–Crippen LogP) is 1.86. The molecule has 2 aliphatic heterocycles. The van der Waals surface area contributed by atoms with Crippen LogP contribution in [0.2, 0.25) is 0 Å². The highest BCUT2D eigenvalue weighted by atomic mass is 16.5. The minimum absolute atomic E-state index is 0.219. The molecule has 5 heteroatoms. The predicted molar refractivity (Wildman–Crippen MR) is 75.0 cm³/mol. The van der Waals surface area contributed by atoms with Crippen LogP contribution in [0.5, 0.6) is 0 Å². The van der Waals surface area contributed by atoms with Gasteiger partial charge in [0.05, 0.1) is 6.54 Å². The van der Waals surface area contributed by atoms with Crippen molar-refractivity contribution in [1.82, 2.24) is 15.4 Å². The van der Waals surface area contributed by atoms with E-state index in [1.807, 2.05) is 20.0 Å². The molecule has 1 N–H and O–H groups in total. The normalized spacial score (nSPS) is 28.6. The molecule has 1 amide bonds. The fourth-order valence-electron chi connectivity index (χ4n) is 3.57. The van der Waals surface area contributed by atoms with Crippen molar-refractivity contribution in [3.05, 3.63) is 17.5 Å². The Bertz CT molecular complexity index is 473. The maximum absolute atomic E-state index is 12.3. The Morgan fingerprint density at radius 2 is 2.15 bits per heavy atom. The molecular weight excluding hydrogens is 254 g/mol. The van der Waals surface area contributed by atoms with E-state index in [1.165, 1.54) is 12.8 Å². The number of fused-ring (bicyclic) bond motifs is 2. The summed E-state index contributed by atoms with van der Waals surface area (Å²) >= 11 is 0. The maximum atomic E-state index is 12.3. The van der Waals surface area contributed by atoms with Crippen LogP contribution in [0.3, 0.4) is 0 Å². The van der Waals surface area contributed by atoms with Crippen LogP contribution in [0, 0.1) is 12.8 Å². The van der Waals surface area contributed by atoms with E-state index in [1.54, 1.807) is 4.90 Å². The van der Waals surface area contributed by atoms with Crippen LogP contribution in [0.25, 0.3) is 0 Å². The second-order valence-corrected chi connectivity index (χ2v) is 6.36. The van der Waals surface area contributed by atoms with Gasteiger partial charge in [-0.25, -0.2) is 0 Å². The van der Waals surface area contributed by atoms with Crippen LogP contribution in [0.1, 0.15) is 43.6 Å². The zero-order chi connectivity index (χ0) is 14.1. The first kappa shape index (κ1) is 13.6. The molecule has 20 heavy (non-hydrogen) atoms. The third kappa shape index (κ3) is 3.03. The first-order chi connectivity index (χ1) is 9.60. The fraction of sp³-hybridized carbons (Fsp3) is 0.733. The van der Waals surface area contributed by atoms with Crippen LogP contribution in [0.4, 0.5) is 0 Å². The summed E-state index contributed by atoms with van der Waals surface area (Å²) in [6.45, 7) is 2.40. The van der Waals surface area contributed by atoms with Gasteiger partial charge in [-0.1, -0.05) is 5.16 Å². The molecule has 110 valence electrons. The molecule has 0 spiro atoms. The molecule has 2 fully saturated rings. The Kier molecular flexibility index (Phi) is 3.78. The molecule has 2 saturated heterocycles. The molecule has 1 aromatic rings. The van der Waals surface area contributed by atoms with Gasteiger partial charge in [-0.05, 0) is 38.5 Å². The number of aromatic nitrogens is 1. The third-order valence-corrected chi connectivity index (χ3v) is 4.54. The summed E-state index contributed by atoms with van der Waals surface area (Å²) in [5, 5.41) is 7.56. The molecule has 0 saturated carbocycles. The molecule has 5 nitrogen and oxygen atoms in total. The Hall–Kier alpha value is -1.36. The van der Waals surface area contributed by atoms with Crippen LogP contribution in [-0.4, -0.2) is 35.1 Å². The highest BCUT2D eigenvalue weighted by Crippen LogP contribution is 2.32. The van der Waals surface area contributed by atoms with Gasteiger partial charge in [0.25, 0.3) is 0 Å². The fourth-order valence-corrected chi connectivity index (χ4v) is 3.57. The molecule has 0 aromatic carbocycles. The van der Waals surface area contributed by atoms with Gasteiger partial charge in [0.15, 0.2) is 0 Å². The standard InChI is InChI=1S/C15H23N3O2/c1-10-5-14(17-20-10)9-18(2)15(19)8-11-6-12-3-4-13(7-11)16-12/h5,11-13,16H,3-4,6-9H2,1-2H3. The molecule has 2 atom stereocenters. The van der Waals surface area contributed by atoms with E-state index >= 15 is 0 Å². The van der Waals surface area contributed by atoms with Gasteiger partial charge in [0.2, 0.25) is 5.91 Å². The van der Waals surface area contributed by atoms with Gasteiger partial charge >= 0.3 is 0 Å². The van der Waals surface area contributed by atoms with Gasteiger partial charge in [0.1, 0.15) is 11.5 Å². The first-order valence-electron chi connectivity index (χ1n) is 7.52. The Labute approximate surface area is 119 Å². The first-order valence-corrected chi connectivity index (χ1v) is 7.52. The second kappa shape index (κ2) is 5.56. The van der Waals surface area contributed by atoms with Crippen molar-refractivity contribution in [2.75, 3.05) is 7.05 Å². The van der Waals surface area contributed by atoms with Gasteiger partial charge in [-0.2, -0.15) is 0 Å². The summed E-state index contributed by atoms with van der Waals surface area (Å²) in [4.78, 5) is 14.1. The average Bonchev–Trinajstić information content (AvgIpc) is 2.95. The summed E-state index contributed by atoms with van der Waals surface area (Å²) in [5.74, 6) is 1.55. The van der Waals surface area contributed by atoms with Crippen molar-refractivity contribution in [3.63, 3.8) is 0 Å². The lowest BCUT2D eigenvalue weighted by molar-refractivity contribution is -0.131. The summed E-state index contributed by atoms with van der Waals surface area (Å²) in [6, 6.07) is 3.18. The number of carbonyl (C=O) groups excluding carboxylic acids is 1. The number of amides is 1. The lowest BCUT2D eigenvalue weighted by Gasteiger charge is -2.29. The monoisotopic (exact) mass is 277 g/mol. The molecule has 3 rings (SSSR count). The highest BCUT2D eigenvalue weighted by Gasteiger charge is 2.34. The zero-order valence-electron chi connectivity index (χ0n) is 12.3.